The molecule has 0 aliphatic carbocycles. The quantitative estimate of drug-likeness (QED) is 0.896. The molecule has 2 heterocycles. The zero-order chi connectivity index (χ0) is 14.3. The first-order valence-electron chi connectivity index (χ1n) is 6.34. The van der Waals surface area contributed by atoms with Gasteiger partial charge in [-0.05, 0) is 34.8 Å². The minimum absolute atomic E-state index is 0.290. The van der Waals surface area contributed by atoms with Gasteiger partial charge in [0.15, 0.2) is 0 Å². The van der Waals surface area contributed by atoms with Crippen LogP contribution in [0.1, 0.15) is 12.8 Å². The highest BCUT2D eigenvalue weighted by atomic mass is 79.9. The normalized spacial score (nSPS) is 16.9. The number of anilines is 1. The van der Waals surface area contributed by atoms with Crippen molar-refractivity contribution in [3.8, 4) is 0 Å². The lowest BCUT2D eigenvalue weighted by molar-refractivity contribution is 0.478. The number of rotatable bonds is 2. The number of nitrogens with two attached hydrogens (primary N) is 1. The van der Waals surface area contributed by atoms with Crippen molar-refractivity contribution < 1.29 is 8.42 Å². The summed E-state index contributed by atoms with van der Waals surface area (Å²) in [5, 5.41) is 1.26. The van der Waals surface area contributed by atoms with E-state index in [1.54, 1.807) is 24.4 Å². The summed E-state index contributed by atoms with van der Waals surface area (Å²) in [6.07, 6.45) is 3.37. The van der Waals surface area contributed by atoms with Crippen LogP contribution in [0.2, 0.25) is 0 Å². The van der Waals surface area contributed by atoms with Crippen LogP contribution in [0, 0.1) is 0 Å². The number of sulfonamides is 1. The molecule has 0 saturated carbocycles. The number of nitrogen functional groups attached to an aromatic ring is 1. The molecule has 1 aromatic carbocycles. The minimum atomic E-state index is -3.48. The van der Waals surface area contributed by atoms with Gasteiger partial charge in [-0.25, -0.2) is 13.4 Å². The van der Waals surface area contributed by atoms with Crippen molar-refractivity contribution in [1.29, 1.82) is 0 Å². The van der Waals surface area contributed by atoms with Gasteiger partial charge in [0.2, 0.25) is 10.0 Å². The minimum Gasteiger partial charge on any atom is -0.383 e. The van der Waals surface area contributed by atoms with Crippen LogP contribution in [0.5, 0.6) is 0 Å². The molecule has 2 N–H and O–H groups in total. The van der Waals surface area contributed by atoms with E-state index in [-0.39, 0.29) is 4.90 Å². The molecule has 20 heavy (non-hydrogen) atoms. The molecule has 7 heteroatoms. The van der Waals surface area contributed by atoms with Gasteiger partial charge < -0.3 is 5.73 Å². The molecule has 1 saturated heterocycles. The summed E-state index contributed by atoms with van der Waals surface area (Å²) in [4.78, 5) is 4.34. The molecule has 0 unspecified atom stereocenters. The first kappa shape index (κ1) is 13.8. The van der Waals surface area contributed by atoms with Crippen LogP contribution < -0.4 is 5.73 Å². The van der Waals surface area contributed by atoms with Gasteiger partial charge in [0.25, 0.3) is 0 Å². The zero-order valence-corrected chi connectivity index (χ0v) is 13.1. The van der Waals surface area contributed by atoms with Crippen molar-refractivity contribution in [3.63, 3.8) is 0 Å². The van der Waals surface area contributed by atoms with E-state index >= 15 is 0 Å². The molecule has 106 valence electrons. The highest BCUT2D eigenvalue weighted by Crippen LogP contribution is 2.34. The maximum absolute atomic E-state index is 12.8. The molecule has 0 bridgehead atoms. The Balaban J connectivity index is 2.29. The fourth-order valence-corrected chi connectivity index (χ4v) is 4.94. The Labute approximate surface area is 126 Å². The molecule has 5 nitrogen and oxygen atoms in total. The molecule has 1 fully saturated rings. The zero-order valence-electron chi connectivity index (χ0n) is 10.7. The summed E-state index contributed by atoms with van der Waals surface area (Å²) in [5.41, 5.74) is 5.85. The van der Waals surface area contributed by atoms with Crippen LogP contribution in [-0.2, 0) is 10.0 Å². The van der Waals surface area contributed by atoms with Gasteiger partial charge in [0.1, 0.15) is 5.82 Å². The fourth-order valence-electron chi connectivity index (χ4n) is 2.53. The van der Waals surface area contributed by atoms with Crippen molar-refractivity contribution in [1.82, 2.24) is 9.29 Å². The van der Waals surface area contributed by atoms with Gasteiger partial charge >= 0.3 is 0 Å². The Morgan fingerprint density at radius 3 is 2.65 bits per heavy atom. The highest BCUT2D eigenvalue weighted by molar-refractivity contribution is 9.10. The summed E-state index contributed by atoms with van der Waals surface area (Å²) in [6.45, 7) is 1.16. The summed E-state index contributed by atoms with van der Waals surface area (Å²) < 4.78 is 27.7. The predicted molar refractivity (Wildman–Crippen MR) is 81.8 cm³/mol. The lowest BCUT2D eigenvalue weighted by Crippen LogP contribution is -2.28. The van der Waals surface area contributed by atoms with Crippen LogP contribution in [0.4, 0.5) is 5.82 Å². The van der Waals surface area contributed by atoms with E-state index in [0.29, 0.717) is 34.2 Å². The van der Waals surface area contributed by atoms with Gasteiger partial charge in [-0.3, -0.25) is 0 Å². The van der Waals surface area contributed by atoms with Crippen LogP contribution >= 0.6 is 15.9 Å². The molecule has 3 rings (SSSR count). The van der Waals surface area contributed by atoms with Gasteiger partial charge in [-0.2, -0.15) is 4.31 Å². The molecule has 1 aromatic heterocycles. The molecule has 0 spiro atoms. The Morgan fingerprint density at radius 1 is 1.25 bits per heavy atom. The van der Waals surface area contributed by atoms with Gasteiger partial charge in [-0.1, -0.05) is 12.1 Å². The monoisotopic (exact) mass is 355 g/mol. The van der Waals surface area contributed by atoms with Crippen LogP contribution in [0.25, 0.3) is 10.8 Å². The average Bonchev–Trinajstić information content (AvgIpc) is 2.97. The van der Waals surface area contributed by atoms with E-state index < -0.39 is 10.0 Å². The second-order valence-electron chi connectivity index (χ2n) is 4.78. The number of nitrogens with zero attached hydrogens (tertiary/aromatic N) is 2. The fraction of sp³-hybridized carbons (Fsp3) is 0.308. The van der Waals surface area contributed by atoms with E-state index in [0.717, 1.165) is 12.8 Å². The largest absolute Gasteiger partial charge is 0.383 e. The molecule has 2 aromatic rings. The summed E-state index contributed by atoms with van der Waals surface area (Å²) in [7, 11) is -3.48. The van der Waals surface area contributed by atoms with E-state index in [4.69, 9.17) is 5.73 Å². The number of pyridine rings is 1. The predicted octanol–water partition coefficient (Wildman–Crippen LogP) is 2.36. The summed E-state index contributed by atoms with van der Waals surface area (Å²) >= 11 is 3.38. The van der Waals surface area contributed by atoms with Crippen molar-refractivity contribution in [2.45, 2.75) is 17.7 Å². The third-order valence-corrected chi connectivity index (χ3v) is 6.08. The summed E-state index contributed by atoms with van der Waals surface area (Å²) in [6, 6.07) is 5.11. The highest BCUT2D eigenvalue weighted by Gasteiger charge is 2.29. The van der Waals surface area contributed by atoms with Crippen molar-refractivity contribution in [3.05, 3.63) is 28.9 Å². The second kappa shape index (κ2) is 4.98. The topological polar surface area (TPSA) is 76.3 Å². The molecular formula is C13H14BrN3O2S. The van der Waals surface area contributed by atoms with Crippen LogP contribution in [0.15, 0.2) is 33.8 Å². The van der Waals surface area contributed by atoms with E-state index in [9.17, 15) is 8.42 Å². The smallest absolute Gasteiger partial charge is 0.243 e. The molecular weight excluding hydrogens is 342 g/mol. The Morgan fingerprint density at radius 2 is 1.95 bits per heavy atom. The molecule has 0 amide bonds. The number of hydrogen-bond acceptors (Lipinski definition) is 4. The van der Waals surface area contributed by atoms with E-state index in [2.05, 4.69) is 20.9 Å². The molecule has 0 radical (unpaired) electrons. The van der Waals surface area contributed by atoms with Crippen LogP contribution in [-0.4, -0.2) is 30.8 Å². The van der Waals surface area contributed by atoms with Gasteiger partial charge in [0, 0.05) is 34.5 Å². The maximum atomic E-state index is 12.8. The summed E-state index contributed by atoms with van der Waals surface area (Å²) in [5.74, 6) is 0.335. The molecule has 0 atom stereocenters. The van der Waals surface area contributed by atoms with Crippen molar-refractivity contribution in [2.24, 2.45) is 0 Å². The second-order valence-corrected chi connectivity index (χ2v) is 7.54. The number of aromatic nitrogens is 1. The van der Waals surface area contributed by atoms with Crippen molar-refractivity contribution in [2.75, 3.05) is 18.8 Å². The number of benzene rings is 1. The SMILES string of the molecule is Nc1ncc(Br)c2c(S(=O)(=O)N3CCCC3)cccc12. The Bertz CT molecular complexity index is 771. The third kappa shape index (κ3) is 2.10. The lowest BCUT2D eigenvalue weighted by Gasteiger charge is -2.17. The third-order valence-electron chi connectivity index (χ3n) is 3.54. The van der Waals surface area contributed by atoms with Gasteiger partial charge in [0.05, 0.1) is 4.90 Å². The van der Waals surface area contributed by atoms with Crippen molar-refractivity contribution >= 4 is 42.5 Å². The molecule has 1 aliphatic rings. The lowest BCUT2D eigenvalue weighted by atomic mass is 10.1. The standard InChI is InChI=1S/C13H14BrN3O2S/c14-10-8-16-13(15)9-4-3-5-11(12(9)10)20(18,19)17-6-1-2-7-17/h3-5,8H,1-2,6-7H2,(H2,15,16). The van der Waals surface area contributed by atoms with E-state index in [1.807, 2.05) is 0 Å². The van der Waals surface area contributed by atoms with Gasteiger partial charge in [-0.15, -0.1) is 0 Å². The number of fused-ring (bicyclic) bond motifs is 1. The Hall–Kier alpha value is -1.18. The first-order valence-corrected chi connectivity index (χ1v) is 8.58. The Kier molecular flexibility index (Phi) is 3.43. The van der Waals surface area contributed by atoms with Crippen LogP contribution in [0.3, 0.4) is 0 Å². The first-order chi connectivity index (χ1) is 9.51. The molecule has 1 aliphatic heterocycles. The number of hydrogen-bond donors (Lipinski definition) is 1. The average molecular weight is 356 g/mol. The maximum Gasteiger partial charge on any atom is 0.243 e. The number of halogens is 1. The van der Waals surface area contributed by atoms with E-state index in [1.165, 1.54) is 4.31 Å².